The lowest BCUT2D eigenvalue weighted by molar-refractivity contribution is 0.221. The molecule has 4 heteroatoms. The first-order valence-corrected chi connectivity index (χ1v) is 17.5. The van der Waals surface area contributed by atoms with Crippen LogP contribution in [0.5, 0.6) is 11.5 Å². The molecule has 52 heavy (non-hydrogen) atoms. The average molecular weight is 677 g/mol. The van der Waals surface area contributed by atoms with E-state index in [1.807, 2.05) is 84.9 Å². The van der Waals surface area contributed by atoms with Crippen molar-refractivity contribution in [3.8, 4) is 11.5 Å². The van der Waals surface area contributed by atoms with Crippen LogP contribution in [0.25, 0.3) is 64.6 Å². The number of hydrogen-bond donors (Lipinski definition) is 2. The Bertz CT molecular complexity index is 2650. The zero-order valence-electron chi connectivity index (χ0n) is 28.9. The van der Waals surface area contributed by atoms with E-state index in [-0.39, 0.29) is 0 Å². The molecule has 0 bridgehead atoms. The van der Waals surface area contributed by atoms with Gasteiger partial charge in [0.05, 0.1) is 14.2 Å². The molecule has 10 aromatic rings. The molecule has 0 aliphatic heterocycles. The minimum absolute atomic E-state index is 0.650. The Balaban J connectivity index is 0.000000138. The Morgan fingerprint density at radius 1 is 0.346 bits per heavy atom. The summed E-state index contributed by atoms with van der Waals surface area (Å²) in [4.78, 5) is 0. The highest BCUT2D eigenvalue weighted by Gasteiger charge is 2.19. The van der Waals surface area contributed by atoms with E-state index in [0.29, 0.717) is 0 Å². The van der Waals surface area contributed by atoms with Crippen LogP contribution in [0.15, 0.2) is 158 Å². The Morgan fingerprint density at radius 3 is 1.02 bits per heavy atom. The van der Waals surface area contributed by atoms with Gasteiger partial charge in [0.1, 0.15) is 23.7 Å². The van der Waals surface area contributed by atoms with Crippen LogP contribution in [0, 0.1) is 0 Å². The number of aliphatic hydroxyl groups excluding tert-OH is 2. The van der Waals surface area contributed by atoms with Gasteiger partial charge in [-0.05, 0) is 89.6 Å². The normalized spacial score (nSPS) is 12.8. The number of aliphatic hydroxyl groups is 2. The van der Waals surface area contributed by atoms with E-state index < -0.39 is 12.2 Å². The number of ether oxygens (including phenoxy) is 2. The van der Waals surface area contributed by atoms with Gasteiger partial charge < -0.3 is 19.7 Å². The van der Waals surface area contributed by atoms with Crippen molar-refractivity contribution in [1.82, 2.24) is 0 Å². The van der Waals surface area contributed by atoms with Crippen LogP contribution in [0.2, 0.25) is 0 Å². The van der Waals surface area contributed by atoms with E-state index in [4.69, 9.17) is 9.47 Å². The van der Waals surface area contributed by atoms with Crippen molar-refractivity contribution in [3.63, 3.8) is 0 Å². The summed E-state index contributed by atoms with van der Waals surface area (Å²) in [6.07, 6.45) is -1.30. The second kappa shape index (κ2) is 12.8. The first kappa shape index (κ1) is 31.8. The maximum atomic E-state index is 11.0. The van der Waals surface area contributed by atoms with Gasteiger partial charge in [-0.1, -0.05) is 133 Å². The van der Waals surface area contributed by atoms with Gasteiger partial charge in [0.2, 0.25) is 0 Å². The molecule has 0 aliphatic rings. The van der Waals surface area contributed by atoms with Gasteiger partial charge in [0, 0.05) is 21.5 Å². The van der Waals surface area contributed by atoms with Gasteiger partial charge in [0.15, 0.2) is 0 Å². The zero-order valence-corrected chi connectivity index (χ0v) is 28.9. The topological polar surface area (TPSA) is 58.9 Å². The highest BCUT2D eigenvalue weighted by Crippen LogP contribution is 2.43. The Labute approximate surface area is 301 Å². The van der Waals surface area contributed by atoms with E-state index in [1.165, 1.54) is 43.1 Å². The predicted octanol–water partition coefficient (Wildman–Crippen LogP) is 11.3. The molecule has 4 nitrogen and oxygen atoms in total. The predicted molar refractivity (Wildman–Crippen MR) is 214 cm³/mol. The molecule has 0 amide bonds. The quantitative estimate of drug-likeness (QED) is 0.172. The van der Waals surface area contributed by atoms with Crippen molar-refractivity contribution in [1.29, 1.82) is 0 Å². The summed E-state index contributed by atoms with van der Waals surface area (Å²) < 4.78 is 11.1. The van der Waals surface area contributed by atoms with Crippen LogP contribution in [0.4, 0.5) is 0 Å². The Kier molecular flexibility index (Phi) is 7.84. The molecule has 0 aliphatic carbocycles. The fourth-order valence-electron chi connectivity index (χ4n) is 8.06. The summed E-state index contributed by atoms with van der Waals surface area (Å²) in [7, 11) is 3.41. The van der Waals surface area contributed by atoms with Gasteiger partial charge in [-0.15, -0.1) is 0 Å². The lowest BCUT2D eigenvalue weighted by Gasteiger charge is -2.18. The Morgan fingerprint density at radius 2 is 0.654 bits per heavy atom. The monoisotopic (exact) mass is 676 g/mol. The Hall–Kier alpha value is -6.20. The van der Waals surface area contributed by atoms with Crippen molar-refractivity contribution < 1.29 is 19.7 Å². The summed E-state index contributed by atoms with van der Waals surface area (Å²) in [6, 6.07) is 53.1. The second-order valence-electron chi connectivity index (χ2n) is 13.3. The van der Waals surface area contributed by atoms with Crippen molar-refractivity contribution in [2.45, 2.75) is 12.2 Å². The largest absolute Gasteiger partial charge is 0.496 e. The number of rotatable bonds is 6. The number of benzene rings is 10. The molecule has 0 spiro atoms. The van der Waals surface area contributed by atoms with E-state index in [0.717, 1.165) is 55.3 Å². The van der Waals surface area contributed by atoms with Gasteiger partial charge in [0.25, 0.3) is 0 Å². The summed E-state index contributed by atoms with van der Waals surface area (Å²) in [6.45, 7) is 0. The SMILES string of the molecule is COc1ccc2ccc3c(C(O)c4ccccc4)ccc4ccc1c2c43.COc1ccc2ccc3c(C(O)c4ccccc4)ccc4ccc1c2c43. The van der Waals surface area contributed by atoms with Crippen LogP contribution in [-0.2, 0) is 0 Å². The van der Waals surface area contributed by atoms with Crippen LogP contribution in [0.3, 0.4) is 0 Å². The van der Waals surface area contributed by atoms with Crippen LogP contribution >= 0.6 is 0 Å². The number of hydrogen-bond acceptors (Lipinski definition) is 4. The fraction of sp³-hybridized carbons (Fsp3) is 0.0833. The summed E-state index contributed by atoms with van der Waals surface area (Å²) in [5, 5.41) is 35.9. The molecule has 0 aromatic heterocycles. The lowest BCUT2D eigenvalue weighted by Crippen LogP contribution is -2.01. The van der Waals surface area contributed by atoms with E-state index in [2.05, 4.69) is 72.8 Å². The molecule has 252 valence electrons. The average Bonchev–Trinajstić information content (AvgIpc) is 3.22. The van der Waals surface area contributed by atoms with E-state index >= 15 is 0 Å². The molecule has 0 heterocycles. The molecular formula is C48H36O4. The molecular weight excluding hydrogens is 641 g/mol. The first-order valence-electron chi connectivity index (χ1n) is 17.5. The molecule has 10 rings (SSSR count). The molecule has 2 atom stereocenters. The van der Waals surface area contributed by atoms with Crippen LogP contribution < -0.4 is 9.47 Å². The highest BCUT2D eigenvalue weighted by atomic mass is 16.5. The third-order valence-corrected chi connectivity index (χ3v) is 10.6. The van der Waals surface area contributed by atoms with Crippen molar-refractivity contribution >= 4 is 64.6 Å². The maximum absolute atomic E-state index is 11.0. The van der Waals surface area contributed by atoms with Gasteiger partial charge in [-0.3, -0.25) is 0 Å². The molecule has 10 aromatic carbocycles. The van der Waals surface area contributed by atoms with E-state index in [9.17, 15) is 10.2 Å². The minimum Gasteiger partial charge on any atom is -0.496 e. The van der Waals surface area contributed by atoms with Crippen molar-refractivity contribution in [2.24, 2.45) is 0 Å². The van der Waals surface area contributed by atoms with Gasteiger partial charge >= 0.3 is 0 Å². The molecule has 0 radical (unpaired) electrons. The lowest BCUT2D eigenvalue weighted by atomic mass is 9.89. The van der Waals surface area contributed by atoms with E-state index in [1.54, 1.807) is 14.2 Å². The first-order chi connectivity index (χ1) is 25.6. The molecule has 2 unspecified atom stereocenters. The zero-order chi connectivity index (χ0) is 35.3. The van der Waals surface area contributed by atoms with Crippen LogP contribution in [-0.4, -0.2) is 24.4 Å². The van der Waals surface area contributed by atoms with Gasteiger partial charge in [-0.25, -0.2) is 0 Å². The fourth-order valence-corrected chi connectivity index (χ4v) is 8.06. The summed E-state index contributed by atoms with van der Waals surface area (Å²) in [5.74, 6) is 1.75. The maximum Gasteiger partial charge on any atom is 0.126 e. The molecule has 0 saturated heterocycles. The second-order valence-corrected chi connectivity index (χ2v) is 13.3. The van der Waals surface area contributed by atoms with Crippen molar-refractivity contribution in [3.05, 3.63) is 180 Å². The van der Waals surface area contributed by atoms with Crippen molar-refractivity contribution in [2.75, 3.05) is 14.2 Å². The smallest absolute Gasteiger partial charge is 0.126 e. The van der Waals surface area contributed by atoms with Gasteiger partial charge in [-0.2, -0.15) is 0 Å². The third-order valence-electron chi connectivity index (χ3n) is 10.6. The summed E-state index contributed by atoms with van der Waals surface area (Å²) in [5.41, 5.74) is 3.67. The molecule has 0 fully saturated rings. The third kappa shape index (κ3) is 5.07. The van der Waals surface area contributed by atoms with Crippen LogP contribution in [0.1, 0.15) is 34.5 Å². The highest BCUT2D eigenvalue weighted by molar-refractivity contribution is 6.26. The number of methoxy groups -OCH3 is 2. The standard InChI is InChI=1S/2C24H18O2/c2*1-26-21-14-10-16-7-11-18-19(24(25)17-5-3-2-4-6-17)12-8-15-9-13-20(21)23(16)22(15)18/h2*2-14,24-25H,1H3. The molecule has 0 saturated carbocycles. The summed E-state index contributed by atoms with van der Waals surface area (Å²) >= 11 is 0. The molecule has 2 N–H and O–H groups in total. The minimum atomic E-state index is -0.650.